The molecule has 1 N–H and O–H groups in total. The van der Waals surface area contributed by atoms with Crippen molar-refractivity contribution < 1.29 is 9.34 Å². The molecule has 3 rings (SSSR count). The molecule has 1 aromatic heterocycles. The zero-order valence-electron chi connectivity index (χ0n) is 11.1. The number of nitro groups is 1. The van der Waals surface area contributed by atoms with Crippen LogP contribution in [0.2, 0.25) is 0 Å². The van der Waals surface area contributed by atoms with Gasteiger partial charge in [-0.05, 0) is 13.1 Å². The van der Waals surface area contributed by atoms with E-state index in [1.54, 1.807) is 12.1 Å². The van der Waals surface area contributed by atoms with Crippen LogP contribution in [0.3, 0.4) is 0 Å². The van der Waals surface area contributed by atoms with E-state index < -0.39 is 4.92 Å². The molecule has 1 fully saturated rings. The first-order valence-electron chi connectivity index (χ1n) is 6.37. The predicted octanol–water partition coefficient (Wildman–Crippen LogP) is 1.31. The van der Waals surface area contributed by atoms with E-state index in [4.69, 9.17) is 4.42 Å². The van der Waals surface area contributed by atoms with Crippen LogP contribution < -0.4 is 5.43 Å². The number of anilines is 1. The minimum absolute atomic E-state index is 0.0438. The lowest BCUT2D eigenvalue weighted by molar-refractivity contribution is -0.383. The summed E-state index contributed by atoms with van der Waals surface area (Å²) in [5.41, 5.74) is 3.70. The number of piperazine rings is 1. The Morgan fingerprint density at radius 3 is 2.80 bits per heavy atom. The second kappa shape index (κ2) is 5.06. The third-order valence-corrected chi connectivity index (χ3v) is 3.35. The standard InChI is InChI=1S/C12H15N5O3/c1-15-5-7-16(8-6-15)14-12-13-11-9(17(18)19)3-2-4-10(11)20-12/h2-4H,5-8H2,1H3,(H,13,14). The number of nitrogens with one attached hydrogen (secondary N) is 1. The fraction of sp³-hybridized carbons (Fsp3) is 0.417. The van der Waals surface area contributed by atoms with Gasteiger partial charge in [0.15, 0.2) is 11.1 Å². The molecule has 0 atom stereocenters. The van der Waals surface area contributed by atoms with Crippen molar-refractivity contribution in [2.75, 3.05) is 38.7 Å². The van der Waals surface area contributed by atoms with Gasteiger partial charge in [0.2, 0.25) is 0 Å². The first-order chi connectivity index (χ1) is 9.63. The topological polar surface area (TPSA) is 87.7 Å². The summed E-state index contributed by atoms with van der Waals surface area (Å²) in [7, 11) is 2.07. The number of hydrogen-bond donors (Lipinski definition) is 1. The van der Waals surface area contributed by atoms with Crippen molar-refractivity contribution in [2.45, 2.75) is 0 Å². The number of benzene rings is 1. The van der Waals surface area contributed by atoms with Crippen LogP contribution in [0, 0.1) is 10.1 Å². The molecular formula is C12H15N5O3. The number of likely N-dealkylation sites (N-methyl/N-ethyl adjacent to an activating group) is 1. The third-order valence-electron chi connectivity index (χ3n) is 3.35. The van der Waals surface area contributed by atoms with Gasteiger partial charge in [-0.2, -0.15) is 4.98 Å². The van der Waals surface area contributed by atoms with Gasteiger partial charge in [-0.1, -0.05) is 6.07 Å². The van der Waals surface area contributed by atoms with E-state index in [1.165, 1.54) is 6.07 Å². The van der Waals surface area contributed by atoms with E-state index in [9.17, 15) is 10.1 Å². The van der Waals surface area contributed by atoms with Crippen molar-refractivity contribution >= 4 is 22.8 Å². The molecule has 8 heteroatoms. The highest BCUT2D eigenvalue weighted by Gasteiger charge is 2.19. The fourth-order valence-electron chi connectivity index (χ4n) is 2.18. The summed E-state index contributed by atoms with van der Waals surface area (Å²) in [6.45, 7) is 3.59. The first kappa shape index (κ1) is 12.8. The summed E-state index contributed by atoms with van der Waals surface area (Å²) in [5.74, 6) is 0. The third kappa shape index (κ3) is 2.43. The Balaban J connectivity index is 1.82. The van der Waals surface area contributed by atoms with Crippen molar-refractivity contribution in [3.63, 3.8) is 0 Å². The van der Waals surface area contributed by atoms with E-state index in [1.807, 2.05) is 5.01 Å². The van der Waals surface area contributed by atoms with Gasteiger partial charge in [-0.25, -0.2) is 5.01 Å². The Bertz CT molecular complexity index is 633. The van der Waals surface area contributed by atoms with Crippen LogP contribution in [0.5, 0.6) is 0 Å². The van der Waals surface area contributed by atoms with Crippen LogP contribution in [0.25, 0.3) is 11.1 Å². The predicted molar refractivity (Wildman–Crippen MR) is 73.4 cm³/mol. The molecule has 2 heterocycles. The summed E-state index contributed by atoms with van der Waals surface area (Å²) in [5, 5.41) is 12.9. The molecule has 1 aliphatic heterocycles. The molecule has 0 saturated carbocycles. The quantitative estimate of drug-likeness (QED) is 0.668. The van der Waals surface area contributed by atoms with Gasteiger partial charge in [0.25, 0.3) is 5.69 Å². The molecule has 1 aliphatic rings. The van der Waals surface area contributed by atoms with Crippen molar-refractivity contribution in [2.24, 2.45) is 0 Å². The summed E-state index contributed by atoms with van der Waals surface area (Å²) in [6, 6.07) is 4.97. The van der Waals surface area contributed by atoms with Crippen molar-refractivity contribution in [3.8, 4) is 0 Å². The van der Waals surface area contributed by atoms with Gasteiger partial charge in [0.1, 0.15) is 0 Å². The molecule has 106 valence electrons. The summed E-state index contributed by atoms with van der Waals surface area (Å²) in [4.78, 5) is 16.9. The highest BCUT2D eigenvalue weighted by Crippen LogP contribution is 2.27. The number of hydrazine groups is 1. The van der Waals surface area contributed by atoms with Gasteiger partial charge in [-0.3, -0.25) is 15.5 Å². The number of aromatic nitrogens is 1. The maximum atomic E-state index is 10.9. The second-order valence-electron chi connectivity index (χ2n) is 4.80. The molecule has 0 unspecified atom stereocenters. The van der Waals surface area contributed by atoms with E-state index >= 15 is 0 Å². The number of fused-ring (bicyclic) bond motifs is 1. The zero-order chi connectivity index (χ0) is 14.1. The van der Waals surface area contributed by atoms with Crippen molar-refractivity contribution in [1.82, 2.24) is 14.9 Å². The number of nitro benzene ring substituents is 1. The molecule has 0 bridgehead atoms. The van der Waals surface area contributed by atoms with Gasteiger partial charge < -0.3 is 9.32 Å². The molecular weight excluding hydrogens is 262 g/mol. The Hall–Kier alpha value is -2.19. The molecule has 1 aromatic carbocycles. The molecule has 1 saturated heterocycles. The summed E-state index contributed by atoms with van der Waals surface area (Å²) >= 11 is 0. The molecule has 0 spiro atoms. The molecule has 0 amide bonds. The van der Waals surface area contributed by atoms with Crippen LogP contribution in [0.4, 0.5) is 11.7 Å². The molecule has 0 radical (unpaired) electrons. The average molecular weight is 277 g/mol. The van der Waals surface area contributed by atoms with E-state index in [-0.39, 0.29) is 11.2 Å². The van der Waals surface area contributed by atoms with Crippen LogP contribution in [0.1, 0.15) is 0 Å². The van der Waals surface area contributed by atoms with Gasteiger partial charge in [0, 0.05) is 32.2 Å². The number of oxazole rings is 1. The number of rotatable bonds is 3. The molecule has 0 aliphatic carbocycles. The average Bonchev–Trinajstić information content (AvgIpc) is 2.83. The Kier molecular flexibility index (Phi) is 3.25. The van der Waals surface area contributed by atoms with Gasteiger partial charge in [-0.15, -0.1) is 0 Å². The summed E-state index contributed by atoms with van der Waals surface area (Å²) in [6.07, 6.45) is 0. The number of nitrogens with zero attached hydrogens (tertiary/aromatic N) is 4. The van der Waals surface area contributed by atoms with Crippen molar-refractivity contribution in [3.05, 3.63) is 28.3 Å². The van der Waals surface area contributed by atoms with E-state index in [0.717, 1.165) is 26.2 Å². The van der Waals surface area contributed by atoms with Gasteiger partial charge >= 0.3 is 6.01 Å². The second-order valence-corrected chi connectivity index (χ2v) is 4.80. The van der Waals surface area contributed by atoms with Crippen LogP contribution in [-0.2, 0) is 0 Å². The Labute approximate surface area is 115 Å². The fourth-order valence-corrected chi connectivity index (χ4v) is 2.18. The van der Waals surface area contributed by atoms with Gasteiger partial charge in [0.05, 0.1) is 4.92 Å². The molecule has 8 nitrogen and oxygen atoms in total. The smallest absolute Gasteiger partial charge is 0.310 e. The summed E-state index contributed by atoms with van der Waals surface area (Å²) < 4.78 is 5.51. The van der Waals surface area contributed by atoms with Crippen molar-refractivity contribution in [1.29, 1.82) is 0 Å². The van der Waals surface area contributed by atoms with E-state index in [2.05, 4.69) is 22.4 Å². The lowest BCUT2D eigenvalue weighted by Crippen LogP contribution is -2.46. The zero-order valence-corrected chi connectivity index (χ0v) is 11.1. The lowest BCUT2D eigenvalue weighted by atomic mass is 10.3. The normalized spacial score (nSPS) is 17.4. The maximum Gasteiger partial charge on any atom is 0.310 e. The van der Waals surface area contributed by atoms with Crippen LogP contribution >= 0.6 is 0 Å². The maximum absolute atomic E-state index is 10.9. The SMILES string of the molecule is CN1CCN(Nc2nc3c([N+](=O)[O-])cccc3o2)CC1. The molecule has 20 heavy (non-hydrogen) atoms. The lowest BCUT2D eigenvalue weighted by Gasteiger charge is -2.31. The monoisotopic (exact) mass is 277 g/mol. The highest BCUT2D eigenvalue weighted by molar-refractivity contribution is 5.83. The Morgan fingerprint density at radius 2 is 2.10 bits per heavy atom. The van der Waals surface area contributed by atoms with Crippen LogP contribution in [-0.4, -0.2) is 53.0 Å². The Morgan fingerprint density at radius 1 is 1.35 bits per heavy atom. The molecule has 2 aromatic rings. The minimum atomic E-state index is -0.454. The van der Waals surface area contributed by atoms with E-state index in [0.29, 0.717) is 11.6 Å². The highest BCUT2D eigenvalue weighted by atomic mass is 16.6. The number of hydrogen-bond acceptors (Lipinski definition) is 7. The number of non-ortho nitro benzene ring substituents is 1. The van der Waals surface area contributed by atoms with Crippen LogP contribution in [0.15, 0.2) is 22.6 Å². The largest absolute Gasteiger partial charge is 0.422 e. The first-order valence-corrected chi connectivity index (χ1v) is 6.37. The number of para-hydroxylation sites is 1. The minimum Gasteiger partial charge on any atom is -0.422 e.